The standard InChI is InChI=1S/C14H18N2O3/c1-17-10-14-8-12(16-19-14)9-18-13-4-2-11(3-5-13)6-7-15/h2-5,8H,6-7,9-10,15H2,1H3. The Labute approximate surface area is 112 Å². The number of nitrogens with zero attached hydrogens (tertiary/aromatic N) is 1. The first-order valence-corrected chi connectivity index (χ1v) is 6.17. The van der Waals surface area contributed by atoms with Crippen molar-refractivity contribution in [3.8, 4) is 5.75 Å². The second-order valence-electron chi connectivity index (χ2n) is 4.19. The number of benzene rings is 1. The molecule has 0 bridgehead atoms. The molecule has 0 aliphatic carbocycles. The molecule has 0 spiro atoms. The Morgan fingerprint density at radius 3 is 2.68 bits per heavy atom. The lowest BCUT2D eigenvalue weighted by Crippen LogP contribution is -2.02. The van der Waals surface area contributed by atoms with Crippen LogP contribution in [0.1, 0.15) is 17.0 Å². The van der Waals surface area contributed by atoms with Crippen LogP contribution in [-0.2, 0) is 24.4 Å². The first kappa shape index (κ1) is 13.6. The van der Waals surface area contributed by atoms with Crippen LogP contribution in [0.4, 0.5) is 0 Å². The van der Waals surface area contributed by atoms with Gasteiger partial charge in [0.25, 0.3) is 0 Å². The fourth-order valence-electron chi connectivity index (χ4n) is 1.71. The number of ether oxygens (including phenoxy) is 2. The molecule has 2 N–H and O–H groups in total. The van der Waals surface area contributed by atoms with Gasteiger partial charge in [-0.2, -0.15) is 0 Å². The van der Waals surface area contributed by atoms with E-state index < -0.39 is 0 Å². The molecule has 0 radical (unpaired) electrons. The van der Waals surface area contributed by atoms with Gasteiger partial charge in [-0.3, -0.25) is 0 Å². The van der Waals surface area contributed by atoms with Gasteiger partial charge in [0.05, 0.1) is 0 Å². The molecule has 1 aromatic heterocycles. The van der Waals surface area contributed by atoms with Crippen molar-refractivity contribution in [1.29, 1.82) is 0 Å². The van der Waals surface area contributed by atoms with Crippen LogP contribution in [-0.4, -0.2) is 18.8 Å². The molecule has 0 saturated heterocycles. The van der Waals surface area contributed by atoms with E-state index in [1.165, 1.54) is 5.56 Å². The molecule has 0 aliphatic heterocycles. The summed E-state index contributed by atoms with van der Waals surface area (Å²) in [4.78, 5) is 0. The number of methoxy groups -OCH3 is 1. The molecule has 0 amide bonds. The summed E-state index contributed by atoms with van der Waals surface area (Å²) in [7, 11) is 1.61. The van der Waals surface area contributed by atoms with Gasteiger partial charge in [0.1, 0.15) is 24.7 Å². The normalized spacial score (nSPS) is 10.6. The van der Waals surface area contributed by atoms with Crippen LogP contribution in [0.15, 0.2) is 34.9 Å². The molecule has 0 saturated carbocycles. The Kier molecular flexibility index (Phi) is 4.94. The van der Waals surface area contributed by atoms with Crippen molar-refractivity contribution in [1.82, 2.24) is 5.16 Å². The van der Waals surface area contributed by atoms with E-state index in [-0.39, 0.29) is 0 Å². The molecule has 0 aliphatic rings. The quantitative estimate of drug-likeness (QED) is 0.825. The second kappa shape index (κ2) is 6.92. The zero-order chi connectivity index (χ0) is 13.5. The summed E-state index contributed by atoms with van der Waals surface area (Å²) in [5.41, 5.74) is 7.46. The Morgan fingerprint density at radius 2 is 2.00 bits per heavy atom. The molecule has 102 valence electrons. The average Bonchev–Trinajstić information content (AvgIpc) is 2.87. The van der Waals surface area contributed by atoms with Crippen molar-refractivity contribution in [2.24, 2.45) is 5.73 Å². The van der Waals surface area contributed by atoms with Gasteiger partial charge in [-0.05, 0) is 30.7 Å². The summed E-state index contributed by atoms with van der Waals surface area (Å²) in [5, 5.41) is 3.90. The van der Waals surface area contributed by atoms with Crippen LogP contribution < -0.4 is 10.5 Å². The maximum absolute atomic E-state index is 5.62. The molecule has 0 atom stereocenters. The van der Waals surface area contributed by atoms with E-state index in [9.17, 15) is 0 Å². The summed E-state index contributed by atoms with van der Waals surface area (Å²) < 4.78 is 15.7. The van der Waals surface area contributed by atoms with Gasteiger partial charge in [0.2, 0.25) is 0 Å². The van der Waals surface area contributed by atoms with Gasteiger partial charge < -0.3 is 19.7 Å². The fourth-order valence-corrected chi connectivity index (χ4v) is 1.71. The molecule has 1 aromatic carbocycles. The van der Waals surface area contributed by atoms with Crippen molar-refractivity contribution in [3.05, 3.63) is 47.3 Å². The lowest BCUT2D eigenvalue weighted by molar-refractivity contribution is 0.155. The molecule has 5 heteroatoms. The highest BCUT2D eigenvalue weighted by molar-refractivity contribution is 5.27. The summed E-state index contributed by atoms with van der Waals surface area (Å²) in [6.07, 6.45) is 0.879. The highest BCUT2D eigenvalue weighted by atomic mass is 16.5. The van der Waals surface area contributed by atoms with Gasteiger partial charge in [-0.25, -0.2) is 0 Å². The van der Waals surface area contributed by atoms with E-state index >= 15 is 0 Å². The third-order valence-electron chi connectivity index (χ3n) is 2.64. The first-order valence-electron chi connectivity index (χ1n) is 6.17. The van der Waals surface area contributed by atoms with Crippen LogP contribution in [0.2, 0.25) is 0 Å². The topological polar surface area (TPSA) is 70.5 Å². The molecular formula is C14H18N2O3. The Bertz CT molecular complexity index is 494. The molecule has 0 fully saturated rings. The molecule has 19 heavy (non-hydrogen) atoms. The van der Waals surface area contributed by atoms with Gasteiger partial charge >= 0.3 is 0 Å². The minimum atomic E-state index is 0.378. The molecule has 5 nitrogen and oxygen atoms in total. The lowest BCUT2D eigenvalue weighted by atomic mass is 10.1. The van der Waals surface area contributed by atoms with Crippen molar-refractivity contribution in [2.75, 3.05) is 13.7 Å². The van der Waals surface area contributed by atoms with Crippen LogP contribution >= 0.6 is 0 Å². The van der Waals surface area contributed by atoms with Crippen LogP contribution in [0.25, 0.3) is 0 Å². The maximum Gasteiger partial charge on any atom is 0.162 e. The number of hydrogen-bond donors (Lipinski definition) is 1. The van der Waals surface area contributed by atoms with Crippen LogP contribution in [0.5, 0.6) is 5.75 Å². The lowest BCUT2D eigenvalue weighted by Gasteiger charge is -2.04. The fraction of sp³-hybridized carbons (Fsp3) is 0.357. The Balaban J connectivity index is 1.86. The predicted molar refractivity (Wildman–Crippen MR) is 70.7 cm³/mol. The van der Waals surface area contributed by atoms with E-state index in [0.29, 0.717) is 25.5 Å². The third-order valence-corrected chi connectivity index (χ3v) is 2.64. The molecule has 2 aromatic rings. The van der Waals surface area contributed by atoms with Gasteiger partial charge in [-0.15, -0.1) is 0 Å². The van der Waals surface area contributed by atoms with Gasteiger partial charge in [-0.1, -0.05) is 17.3 Å². The predicted octanol–water partition coefficient (Wildman–Crippen LogP) is 1.90. The van der Waals surface area contributed by atoms with Gasteiger partial charge in [0, 0.05) is 13.2 Å². The molecule has 1 heterocycles. The SMILES string of the molecule is COCc1cc(COc2ccc(CCN)cc2)no1. The van der Waals surface area contributed by atoms with E-state index in [4.69, 9.17) is 19.7 Å². The van der Waals surface area contributed by atoms with E-state index in [1.54, 1.807) is 7.11 Å². The van der Waals surface area contributed by atoms with Crippen molar-refractivity contribution in [3.63, 3.8) is 0 Å². The summed E-state index contributed by atoms with van der Waals surface area (Å²) in [6.45, 7) is 1.45. The third kappa shape index (κ3) is 4.08. The van der Waals surface area contributed by atoms with E-state index in [2.05, 4.69) is 5.16 Å². The molecule has 0 unspecified atom stereocenters. The largest absolute Gasteiger partial charge is 0.487 e. The van der Waals surface area contributed by atoms with E-state index in [0.717, 1.165) is 17.9 Å². The average molecular weight is 262 g/mol. The van der Waals surface area contributed by atoms with Crippen LogP contribution in [0.3, 0.4) is 0 Å². The summed E-state index contributed by atoms with van der Waals surface area (Å²) in [5.74, 6) is 1.50. The highest BCUT2D eigenvalue weighted by Crippen LogP contribution is 2.14. The van der Waals surface area contributed by atoms with Crippen molar-refractivity contribution >= 4 is 0 Å². The van der Waals surface area contributed by atoms with Gasteiger partial charge in [0.15, 0.2) is 5.76 Å². The van der Waals surface area contributed by atoms with Crippen molar-refractivity contribution in [2.45, 2.75) is 19.6 Å². The highest BCUT2D eigenvalue weighted by Gasteiger charge is 2.04. The Hall–Kier alpha value is -1.85. The monoisotopic (exact) mass is 262 g/mol. The minimum absolute atomic E-state index is 0.378. The van der Waals surface area contributed by atoms with E-state index in [1.807, 2.05) is 30.3 Å². The minimum Gasteiger partial charge on any atom is -0.487 e. The smallest absolute Gasteiger partial charge is 0.162 e. The first-order chi connectivity index (χ1) is 9.31. The summed E-state index contributed by atoms with van der Waals surface area (Å²) >= 11 is 0. The Morgan fingerprint density at radius 1 is 1.21 bits per heavy atom. The van der Waals surface area contributed by atoms with Crippen molar-refractivity contribution < 1.29 is 14.0 Å². The molecule has 2 rings (SSSR count). The second-order valence-corrected chi connectivity index (χ2v) is 4.19. The maximum atomic E-state index is 5.62. The zero-order valence-electron chi connectivity index (χ0n) is 11.0. The number of hydrogen-bond acceptors (Lipinski definition) is 5. The van der Waals surface area contributed by atoms with Crippen LogP contribution in [0, 0.1) is 0 Å². The zero-order valence-corrected chi connectivity index (χ0v) is 11.0. The molecular weight excluding hydrogens is 244 g/mol. The number of rotatable bonds is 7. The number of nitrogens with two attached hydrogens (primary N) is 1. The summed E-state index contributed by atoms with van der Waals surface area (Å²) in [6, 6.07) is 9.72. The number of aromatic nitrogens is 1.